The fraction of sp³-hybridized carbons (Fsp3) is 0.476. The normalized spacial score (nSPS) is 22.3. The first-order valence-electron chi connectivity index (χ1n) is 10.3. The zero-order valence-electron chi connectivity index (χ0n) is 16.7. The molecule has 7 nitrogen and oxygen atoms in total. The van der Waals surface area contributed by atoms with Crippen molar-refractivity contribution in [3.8, 4) is 11.3 Å². The summed E-state index contributed by atoms with van der Waals surface area (Å²) in [6.45, 7) is 4.86. The Morgan fingerprint density at radius 3 is 2.73 bits per heavy atom. The summed E-state index contributed by atoms with van der Waals surface area (Å²) < 4.78 is 4.07. The molecule has 2 atom stereocenters. The number of hydrogen-bond acceptors (Lipinski definition) is 5. The minimum atomic E-state index is 0. The van der Waals surface area contributed by atoms with Gasteiger partial charge in [0.2, 0.25) is 0 Å². The number of piperidine rings is 1. The Labute approximate surface area is 187 Å². The summed E-state index contributed by atoms with van der Waals surface area (Å²) in [4.78, 5) is 24.5. The van der Waals surface area contributed by atoms with Gasteiger partial charge in [-0.2, -0.15) is 0 Å². The van der Waals surface area contributed by atoms with E-state index in [1.165, 1.54) is 19.3 Å². The number of rotatable bonds is 2. The Kier molecular flexibility index (Phi) is 5.79. The number of pyridine rings is 1. The molecule has 3 aromatic heterocycles. The molecule has 9 heteroatoms. The molecule has 6 heterocycles. The van der Waals surface area contributed by atoms with Gasteiger partial charge in [-0.05, 0) is 37.8 Å². The van der Waals surface area contributed by atoms with Crippen molar-refractivity contribution in [1.29, 1.82) is 0 Å². The molecule has 0 unspecified atom stereocenters. The lowest BCUT2D eigenvalue weighted by molar-refractivity contribution is 0.257. The quantitative estimate of drug-likeness (QED) is 0.652. The van der Waals surface area contributed by atoms with Crippen LogP contribution in [0.4, 0.5) is 5.82 Å². The van der Waals surface area contributed by atoms with Gasteiger partial charge >= 0.3 is 0 Å². The Morgan fingerprint density at radius 1 is 1.07 bits per heavy atom. The van der Waals surface area contributed by atoms with Crippen LogP contribution in [0.5, 0.6) is 0 Å². The van der Waals surface area contributed by atoms with Gasteiger partial charge < -0.3 is 14.8 Å². The molecule has 3 aromatic rings. The molecular formula is C21H26Cl2N6O. The fourth-order valence-electron chi connectivity index (χ4n) is 5.22. The minimum Gasteiger partial charge on any atom is -0.354 e. The van der Waals surface area contributed by atoms with Crippen LogP contribution in [0.3, 0.4) is 0 Å². The van der Waals surface area contributed by atoms with Gasteiger partial charge in [-0.1, -0.05) is 0 Å². The van der Waals surface area contributed by atoms with Crippen molar-refractivity contribution < 1.29 is 0 Å². The van der Waals surface area contributed by atoms with E-state index in [2.05, 4.69) is 30.7 Å². The molecule has 0 saturated carbocycles. The highest BCUT2D eigenvalue weighted by atomic mass is 35.5. The predicted octanol–water partition coefficient (Wildman–Crippen LogP) is 2.71. The van der Waals surface area contributed by atoms with Crippen LogP contribution in [-0.4, -0.2) is 45.1 Å². The molecule has 2 fully saturated rings. The fourth-order valence-corrected chi connectivity index (χ4v) is 5.22. The van der Waals surface area contributed by atoms with E-state index in [0.717, 1.165) is 61.1 Å². The molecule has 0 aliphatic carbocycles. The Bertz CT molecular complexity index is 1120. The van der Waals surface area contributed by atoms with Gasteiger partial charge in [0.1, 0.15) is 0 Å². The van der Waals surface area contributed by atoms with Crippen molar-refractivity contribution in [3.05, 3.63) is 46.8 Å². The first kappa shape index (κ1) is 21.2. The van der Waals surface area contributed by atoms with Crippen LogP contribution in [0, 0.1) is 5.92 Å². The van der Waals surface area contributed by atoms with Gasteiger partial charge in [0.25, 0.3) is 5.56 Å². The maximum Gasteiger partial charge on any atom is 0.251 e. The van der Waals surface area contributed by atoms with E-state index in [9.17, 15) is 4.79 Å². The summed E-state index contributed by atoms with van der Waals surface area (Å²) in [5.41, 5.74) is 4.05. The van der Waals surface area contributed by atoms with Crippen molar-refractivity contribution in [2.75, 3.05) is 31.1 Å². The third-order valence-electron chi connectivity index (χ3n) is 6.57. The predicted molar refractivity (Wildman–Crippen MR) is 122 cm³/mol. The second kappa shape index (κ2) is 8.21. The molecule has 1 N–H and O–H groups in total. The molecule has 2 saturated heterocycles. The highest BCUT2D eigenvalue weighted by Crippen LogP contribution is 2.34. The van der Waals surface area contributed by atoms with Crippen molar-refractivity contribution in [2.45, 2.75) is 31.7 Å². The zero-order chi connectivity index (χ0) is 18.7. The third-order valence-corrected chi connectivity index (χ3v) is 6.57. The average Bonchev–Trinajstić information content (AvgIpc) is 3.39. The van der Waals surface area contributed by atoms with Crippen molar-refractivity contribution in [1.82, 2.24) is 24.3 Å². The topological polar surface area (TPSA) is 67.5 Å². The molecule has 160 valence electrons. The SMILES string of the molecule is Cl.Cl.O=c1cc(-c2cnc3c(N4CCCC4)nccn23)cc2n1C[C@@H]1CNC[C@H]2C1. The largest absolute Gasteiger partial charge is 0.354 e. The van der Waals surface area contributed by atoms with E-state index < -0.39 is 0 Å². The number of nitrogens with one attached hydrogen (secondary N) is 1. The molecular weight excluding hydrogens is 423 g/mol. The highest BCUT2D eigenvalue weighted by molar-refractivity contribution is 5.85. The molecule has 6 rings (SSSR count). The summed E-state index contributed by atoms with van der Waals surface area (Å²) in [5, 5.41) is 3.52. The standard InChI is InChI=1S/C21H24N6O.2ClH/c28-19-9-15(8-17-16-7-14(10-22-11-16)13-27(17)19)18-12-24-21-20(23-3-6-26(18)21)25-4-1-2-5-25;;/h3,6,8-9,12,14,16,22H,1-2,4-5,7,10-11,13H2;2*1H/t14-,16+;;/m0../s1. The zero-order valence-corrected chi connectivity index (χ0v) is 18.3. The second-order valence-electron chi connectivity index (χ2n) is 8.36. The maximum atomic E-state index is 12.9. The first-order chi connectivity index (χ1) is 13.8. The van der Waals surface area contributed by atoms with Crippen molar-refractivity contribution >= 4 is 36.3 Å². The Morgan fingerprint density at radius 2 is 1.90 bits per heavy atom. The first-order valence-corrected chi connectivity index (χ1v) is 10.3. The van der Waals surface area contributed by atoms with E-state index in [-0.39, 0.29) is 30.4 Å². The maximum absolute atomic E-state index is 12.9. The summed E-state index contributed by atoms with van der Waals surface area (Å²) in [7, 11) is 0. The van der Waals surface area contributed by atoms with Crippen LogP contribution in [-0.2, 0) is 6.54 Å². The number of imidazole rings is 1. The van der Waals surface area contributed by atoms with Crippen LogP contribution < -0.4 is 15.8 Å². The number of nitrogens with zero attached hydrogens (tertiary/aromatic N) is 5. The van der Waals surface area contributed by atoms with Crippen LogP contribution in [0.1, 0.15) is 30.9 Å². The minimum absolute atomic E-state index is 0. The van der Waals surface area contributed by atoms with Crippen LogP contribution in [0.15, 0.2) is 35.5 Å². The Hall–Kier alpha value is -2.09. The van der Waals surface area contributed by atoms with E-state index in [4.69, 9.17) is 0 Å². The molecule has 0 amide bonds. The van der Waals surface area contributed by atoms with Gasteiger partial charge in [0, 0.05) is 61.8 Å². The van der Waals surface area contributed by atoms with Gasteiger partial charge in [0.15, 0.2) is 11.5 Å². The number of halogens is 2. The lowest BCUT2D eigenvalue weighted by atomic mass is 9.83. The number of aromatic nitrogens is 4. The van der Waals surface area contributed by atoms with Crippen LogP contribution in [0.25, 0.3) is 16.9 Å². The molecule has 3 aliphatic heterocycles. The summed E-state index contributed by atoms with van der Waals surface area (Å²) >= 11 is 0. The second-order valence-corrected chi connectivity index (χ2v) is 8.36. The smallest absolute Gasteiger partial charge is 0.251 e. The third kappa shape index (κ3) is 3.29. The molecule has 2 bridgehead atoms. The monoisotopic (exact) mass is 448 g/mol. The van der Waals surface area contributed by atoms with Gasteiger partial charge in [0.05, 0.1) is 11.9 Å². The lowest BCUT2D eigenvalue weighted by Gasteiger charge is -2.37. The van der Waals surface area contributed by atoms with Gasteiger partial charge in [-0.15, -0.1) is 24.8 Å². The average molecular weight is 449 g/mol. The van der Waals surface area contributed by atoms with Crippen LogP contribution in [0.2, 0.25) is 0 Å². The van der Waals surface area contributed by atoms with E-state index in [0.29, 0.717) is 11.8 Å². The number of hydrogen-bond donors (Lipinski definition) is 1. The van der Waals surface area contributed by atoms with Crippen molar-refractivity contribution in [3.63, 3.8) is 0 Å². The number of fused-ring (bicyclic) bond motifs is 5. The summed E-state index contributed by atoms with van der Waals surface area (Å²) in [6.07, 6.45) is 9.25. The molecule has 0 spiro atoms. The van der Waals surface area contributed by atoms with Gasteiger partial charge in [-0.3, -0.25) is 9.20 Å². The van der Waals surface area contributed by atoms with E-state index in [1.54, 1.807) is 6.07 Å². The van der Waals surface area contributed by atoms with Gasteiger partial charge in [-0.25, -0.2) is 9.97 Å². The lowest BCUT2D eigenvalue weighted by Crippen LogP contribution is -2.44. The molecule has 3 aliphatic rings. The molecule has 0 aromatic carbocycles. The number of anilines is 1. The molecule has 0 radical (unpaired) electrons. The Balaban J connectivity index is 0.00000109. The van der Waals surface area contributed by atoms with E-state index in [1.807, 2.05) is 23.2 Å². The van der Waals surface area contributed by atoms with Crippen LogP contribution >= 0.6 is 24.8 Å². The highest BCUT2D eigenvalue weighted by Gasteiger charge is 2.31. The van der Waals surface area contributed by atoms with Crippen molar-refractivity contribution in [2.24, 2.45) is 5.92 Å². The summed E-state index contributed by atoms with van der Waals surface area (Å²) in [6, 6.07) is 3.98. The molecule has 30 heavy (non-hydrogen) atoms. The summed E-state index contributed by atoms with van der Waals surface area (Å²) in [5.74, 6) is 1.93. The van der Waals surface area contributed by atoms with E-state index >= 15 is 0 Å².